The van der Waals surface area contributed by atoms with Gasteiger partial charge in [-0.15, -0.1) is 0 Å². The molecule has 2 aromatic rings. The van der Waals surface area contributed by atoms with Crippen molar-refractivity contribution in [2.75, 3.05) is 0 Å². The molecular weight excluding hydrogens is 418 g/mol. The van der Waals surface area contributed by atoms with Gasteiger partial charge in [0.15, 0.2) is 0 Å². The van der Waals surface area contributed by atoms with Crippen LogP contribution in [0.4, 0.5) is 0 Å². The second-order valence-corrected chi connectivity index (χ2v) is 7.01. The van der Waals surface area contributed by atoms with E-state index < -0.39 is 6.10 Å². The van der Waals surface area contributed by atoms with Gasteiger partial charge in [-0.05, 0) is 58.3 Å². The van der Waals surface area contributed by atoms with Gasteiger partial charge in [0.05, 0.1) is 16.1 Å². The third-order valence-corrected chi connectivity index (χ3v) is 5.30. The predicted octanol–water partition coefficient (Wildman–Crippen LogP) is 6.22. The van der Waals surface area contributed by atoms with Crippen molar-refractivity contribution in [2.45, 2.75) is 31.8 Å². The van der Waals surface area contributed by atoms with E-state index in [-0.39, 0.29) is 5.92 Å². The van der Waals surface area contributed by atoms with Crippen LogP contribution in [-0.2, 0) is 0 Å². The van der Waals surface area contributed by atoms with Crippen LogP contribution in [0.3, 0.4) is 0 Å². The topological polar surface area (TPSA) is 20.2 Å². The predicted molar refractivity (Wildman–Crippen MR) is 98.2 cm³/mol. The summed E-state index contributed by atoms with van der Waals surface area (Å²) in [5.41, 5.74) is 1.99. The summed E-state index contributed by atoms with van der Waals surface area (Å²) in [7, 11) is 0. The van der Waals surface area contributed by atoms with Crippen LogP contribution < -0.4 is 0 Å². The molecule has 0 amide bonds. The minimum Gasteiger partial charge on any atom is -0.388 e. The molecule has 0 spiro atoms. The molecule has 1 nitrogen and oxygen atoms in total. The fourth-order valence-electron chi connectivity index (χ4n) is 2.49. The lowest BCUT2D eigenvalue weighted by molar-refractivity contribution is 0.139. The Morgan fingerprint density at radius 2 is 1.81 bits per heavy atom. The lowest BCUT2D eigenvalue weighted by Gasteiger charge is -2.24. The molecule has 0 bridgehead atoms. The van der Waals surface area contributed by atoms with Gasteiger partial charge in [-0.1, -0.05) is 60.8 Å². The van der Waals surface area contributed by atoms with Gasteiger partial charge in [0.1, 0.15) is 0 Å². The van der Waals surface area contributed by atoms with Crippen molar-refractivity contribution in [2.24, 2.45) is 0 Å². The highest BCUT2D eigenvalue weighted by molar-refractivity contribution is 14.1. The average molecular weight is 435 g/mol. The van der Waals surface area contributed by atoms with Gasteiger partial charge in [0, 0.05) is 9.49 Å². The number of aliphatic hydroxyl groups is 1. The van der Waals surface area contributed by atoms with Crippen LogP contribution in [0.1, 0.15) is 42.9 Å². The van der Waals surface area contributed by atoms with Crippen molar-refractivity contribution in [1.29, 1.82) is 0 Å². The quantitative estimate of drug-likeness (QED) is 0.554. The van der Waals surface area contributed by atoms with Crippen LogP contribution in [0.5, 0.6) is 0 Å². The van der Waals surface area contributed by atoms with E-state index in [9.17, 15) is 5.11 Å². The van der Waals surface area contributed by atoms with Gasteiger partial charge >= 0.3 is 0 Å². The number of benzene rings is 2. The van der Waals surface area contributed by atoms with Crippen LogP contribution in [0.25, 0.3) is 0 Å². The Morgan fingerprint density at radius 3 is 2.43 bits per heavy atom. The van der Waals surface area contributed by atoms with Gasteiger partial charge in [0.2, 0.25) is 0 Å². The summed E-state index contributed by atoms with van der Waals surface area (Å²) in [6.45, 7) is 2.12. The summed E-state index contributed by atoms with van der Waals surface area (Å²) in [6.07, 6.45) is 1.34. The fourth-order valence-corrected chi connectivity index (χ4v) is 3.51. The van der Waals surface area contributed by atoms with E-state index >= 15 is 0 Å². The zero-order valence-corrected chi connectivity index (χ0v) is 15.4. The summed E-state index contributed by atoms with van der Waals surface area (Å²) >= 11 is 14.4. The number of rotatable bonds is 5. The van der Waals surface area contributed by atoms with E-state index in [0.717, 1.165) is 27.5 Å². The van der Waals surface area contributed by atoms with Crippen molar-refractivity contribution in [3.63, 3.8) is 0 Å². The van der Waals surface area contributed by atoms with Crippen molar-refractivity contribution < 1.29 is 5.11 Å². The average Bonchev–Trinajstić information content (AvgIpc) is 2.48. The van der Waals surface area contributed by atoms with Crippen molar-refractivity contribution in [3.8, 4) is 0 Å². The molecule has 21 heavy (non-hydrogen) atoms. The molecule has 1 N–H and O–H groups in total. The van der Waals surface area contributed by atoms with Crippen LogP contribution >= 0.6 is 45.8 Å². The molecule has 0 heterocycles. The second-order valence-electron chi connectivity index (χ2n) is 5.04. The molecule has 0 radical (unpaired) electrons. The van der Waals surface area contributed by atoms with E-state index in [4.69, 9.17) is 23.2 Å². The first-order valence-electron chi connectivity index (χ1n) is 6.92. The highest BCUT2D eigenvalue weighted by Crippen LogP contribution is 2.38. The first-order valence-corrected chi connectivity index (χ1v) is 8.75. The minimum absolute atomic E-state index is 0.0145. The Hall–Kier alpha value is -0.290. The van der Waals surface area contributed by atoms with Gasteiger partial charge in [-0.3, -0.25) is 0 Å². The molecule has 0 saturated carbocycles. The van der Waals surface area contributed by atoms with Crippen LogP contribution in [0, 0.1) is 3.57 Å². The third kappa shape index (κ3) is 4.13. The lowest BCUT2D eigenvalue weighted by atomic mass is 9.86. The Bertz CT molecular complexity index is 615. The maximum atomic E-state index is 10.8. The lowest BCUT2D eigenvalue weighted by Crippen LogP contribution is -2.12. The van der Waals surface area contributed by atoms with E-state index in [1.54, 1.807) is 6.07 Å². The van der Waals surface area contributed by atoms with E-state index in [0.29, 0.717) is 10.0 Å². The molecule has 4 heteroatoms. The van der Waals surface area contributed by atoms with E-state index in [1.807, 2.05) is 36.4 Å². The number of hydrogen-bond acceptors (Lipinski definition) is 1. The summed E-state index contributed by atoms with van der Waals surface area (Å²) in [6, 6.07) is 13.5. The zero-order chi connectivity index (χ0) is 15.4. The maximum Gasteiger partial charge on any atom is 0.0868 e. The van der Waals surface area contributed by atoms with E-state index in [2.05, 4.69) is 29.5 Å². The molecule has 0 unspecified atom stereocenters. The summed E-state index contributed by atoms with van der Waals surface area (Å²) in [4.78, 5) is 0. The minimum atomic E-state index is -0.546. The first-order chi connectivity index (χ1) is 10.0. The van der Waals surface area contributed by atoms with Gasteiger partial charge in [-0.2, -0.15) is 0 Å². The third-order valence-electron chi connectivity index (χ3n) is 3.58. The molecule has 0 aliphatic heterocycles. The largest absolute Gasteiger partial charge is 0.388 e. The molecular formula is C17H17Cl2IO. The van der Waals surface area contributed by atoms with Crippen molar-refractivity contribution in [3.05, 3.63) is 67.2 Å². The summed E-state index contributed by atoms with van der Waals surface area (Å²) < 4.78 is 1.07. The first kappa shape index (κ1) is 17.1. The van der Waals surface area contributed by atoms with Gasteiger partial charge < -0.3 is 5.11 Å². The number of hydrogen-bond donors (Lipinski definition) is 1. The highest BCUT2D eigenvalue weighted by atomic mass is 127. The Labute approximate surface area is 149 Å². The molecule has 112 valence electrons. The smallest absolute Gasteiger partial charge is 0.0868 e. The normalized spacial score (nSPS) is 14.0. The molecule has 0 saturated heterocycles. The highest BCUT2D eigenvalue weighted by Gasteiger charge is 2.24. The van der Waals surface area contributed by atoms with Gasteiger partial charge in [-0.25, -0.2) is 0 Å². The molecule has 0 fully saturated rings. The standard InChI is InChI=1S/C17H17Cl2IO/c1-2-5-12(11-8-9-14(18)15(19)10-11)17(21)13-6-3-4-7-16(13)20/h3-4,6-10,12,17,21H,2,5H2,1H3/t12-,17-/m1/s1. The molecule has 2 rings (SSSR count). The van der Waals surface area contributed by atoms with Crippen LogP contribution in [0.15, 0.2) is 42.5 Å². The van der Waals surface area contributed by atoms with Crippen molar-refractivity contribution >= 4 is 45.8 Å². The monoisotopic (exact) mass is 434 g/mol. The number of aliphatic hydroxyl groups excluding tert-OH is 1. The van der Waals surface area contributed by atoms with Gasteiger partial charge in [0.25, 0.3) is 0 Å². The molecule has 0 aliphatic rings. The van der Waals surface area contributed by atoms with Crippen LogP contribution in [-0.4, -0.2) is 5.11 Å². The Morgan fingerprint density at radius 1 is 1.10 bits per heavy atom. The Balaban J connectivity index is 2.38. The zero-order valence-electron chi connectivity index (χ0n) is 11.7. The SMILES string of the molecule is CCC[C@H](c1ccc(Cl)c(Cl)c1)[C@@H](O)c1ccccc1I. The molecule has 2 aromatic carbocycles. The van der Waals surface area contributed by atoms with Crippen molar-refractivity contribution in [1.82, 2.24) is 0 Å². The molecule has 2 atom stereocenters. The number of halogens is 3. The fraction of sp³-hybridized carbons (Fsp3) is 0.294. The molecule has 0 aliphatic carbocycles. The van der Waals surface area contributed by atoms with E-state index in [1.165, 1.54) is 0 Å². The maximum absolute atomic E-state index is 10.8. The second kappa shape index (κ2) is 7.82. The summed E-state index contributed by atoms with van der Waals surface area (Å²) in [5, 5.41) is 11.9. The Kier molecular flexibility index (Phi) is 6.35. The molecule has 0 aromatic heterocycles. The summed E-state index contributed by atoms with van der Waals surface area (Å²) in [5.74, 6) is 0.0145. The van der Waals surface area contributed by atoms with Crippen LogP contribution in [0.2, 0.25) is 10.0 Å².